The average Bonchev–Trinajstić information content (AvgIpc) is 3.31. The lowest BCUT2D eigenvalue weighted by Gasteiger charge is -2.21. The molecule has 2 heterocycles. The van der Waals surface area contributed by atoms with E-state index in [1.807, 2.05) is 35.0 Å². The second kappa shape index (κ2) is 8.87. The number of rotatable bonds is 6. The van der Waals surface area contributed by atoms with E-state index in [0.29, 0.717) is 17.5 Å². The monoisotopic (exact) mass is 434 g/mol. The summed E-state index contributed by atoms with van der Waals surface area (Å²) in [7, 11) is -3.00. The molecule has 0 bridgehead atoms. The third-order valence-corrected chi connectivity index (χ3v) is 8.12. The quantitative estimate of drug-likeness (QED) is 0.703. The van der Waals surface area contributed by atoms with Gasteiger partial charge >= 0.3 is 0 Å². The Morgan fingerprint density at radius 1 is 1.14 bits per heavy atom. The first-order chi connectivity index (χ1) is 14.0. The maximum atomic E-state index is 12.3. The summed E-state index contributed by atoms with van der Waals surface area (Å²) < 4.78 is 25.0. The van der Waals surface area contributed by atoms with Gasteiger partial charge in [-0.05, 0) is 31.4 Å². The number of carbonyl (C=O) groups excluding carboxylic acids is 1. The van der Waals surface area contributed by atoms with Gasteiger partial charge in [-0.15, -0.1) is 5.10 Å². The molecule has 1 saturated heterocycles. The first-order valence-corrected chi connectivity index (χ1v) is 13.0. The van der Waals surface area contributed by atoms with Gasteiger partial charge in [0, 0.05) is 12.0 Å². The molecule has 1 unspecified atom stereocenters. The minimum absolute atomic E-state index is 0.0378. The number of para-hydroxylation sites is 1. The molecule has 1 atom stereocenters. The van der Waals surface area contributed by atoms with Gasteiger partial charge in [0.2, 0.25) is 11.1 Å². The molecule has 1 amide bonds. The van der Waals surface area contributed by atoms with Crippen LogP contribution < -0.4 is 5.32 Å². The summed E-state index contributed by atoms with van der Waals surface area (Å²) in [5.41, 5.74) is 0.980. The Labute approximate surface area is 175 Å². The molecule has 2 aliphatic rings. The second-order valence-corrected chi connectivity index (χ2v) is 11.0. The van der Waals surface area contributed by atoms with Gasteiger partial charge in [0.25, 0.3) is 0 Å². The standard InChI is InChI=1S/C20H26N4O3S2/c25-18(21-16-11-12-29(26,27)14-16)13-28-20-22-19(15-7-3-1-4-8-15)24(23-20)17-9-5-2-6-10-17/h2,5-6,9-10,15-16H,1,3-4,7-8,11-14H2,(H,21,25). The maximum absolute atomic E-state index is 12.3. The zero-order valence-electron chi connectivity index (χ0n) is 16.3. The number of sulfone groups is 1. The molecular weight excluding hydrogens is 408 g/mol. The number of thioether (sulfide) groups is 1. The SMILES string of the molecule is O=C(CSc1nc(C2CCCCC2)n(-c2ccccc2)n1)NC1CCS(=O)(=O)C1. The summed E-state index contributed by atoms with van der Waals surface area (Å²) in [5, 5.41) is 8.08. The zero-order chi connectivity index (χ0) is 20.3. The van der Waals surface area contributed by atoms with Gasteiger partial charge in [-0.2, -0.15) is 0 Å². The zero-order valence-corrected chi connectivity index (χ0v) is 17.9. The summed E-state index contributed by atoms with van der Waals surface area (Å²) >= 11 is 1.30. The van der Waals surface area contributed by atoms with Crippen LogP contribution in [0, 0.1) is 0 Å². The van der Waals surface area contributed by atoms with E-state index in [2.05, 4.69) is 10.4 Å². The van der Waals surface area contributed by atoms with Crippen molar-refractivity contribution in [2.75, 3.05) is 17.3 Å². The highest BCUT2D eigenvalue weighted by atomic mass is 32.2. The molecule has 29 heavy (non-hydrogen) atoms. The van der Waals surface area contributed by atoms with E-state index in [4.69, 9.17) is 4.98 Å². The number of benzene rings is 1. The predicted molar refractivity (Wildman–Crippen MR) is 113 cm³/mol. The molecule has 0 radical (unpaired) electrons. The number of hydrogen-bond acceptors (Lipinski definition) is 6. The smallest absolute Gasteiger partial charge is 0.230 e. The highest BCUT2D eigenvalue weighted by Crippen LogP contribution is 2.33. The Kier molecular flexibility index (Phi) is 6.24. The van der Waals surface area contributed by atoms with Crippen LogP contribution in [-0.2, 0) is 14.6 Å². The summed E-state index contributed by atoms with van der Waals surface area (Å²) in [5.74, 6) is 1.56. The molecule has 7 nitrogen and oxygen atoms in total. The van der Waals surface area contributed by atoms with E-state index in [-0.39, 0.29) is 29.2 Å². The fraction of sp³-hybridized carbons (Fsp3) is 0.550. The van der Waals surface area contributed by atoms with Gasteiger partial charge in [-0.3, -0.25) is 4.79 Å². The minimum atomic E-state index is -3.00. The topological polar surface area (TPSA) is 93.9 Å². The van der Waals surface area contributed by atoms with Crippen LogP contribution in [0.4, 0.5) is 0 Å². The molecule has 1 aliphatic heterocycles. The van der Waals surface area contributed by atoms with Crippen LogP contribution in [0.5, 0.6) is 0 Å². The van der Waals surface area contributed by atoms with Gasteiger partial charge < -0.3 is 5.32 Å². The lowest BCUT2D eigenvalue weighted by molar-refractivity contribution is -0.119. The molecule has 1 aromatic heterocycles. The van der Waals surface area contributed by atoms with Gasteiger partial charge in [-0.1, -0.05) is 49.2 Å². The predicted octanol–water partition coefficient (Wildman–Crippen LogP) is 2.71. The Hall–Kier alpha value is -1.87. The lowest BCUT2D eigenvalue weighted by atomic mass is 9.88. The molecule has 4 rings (SSSR count). The molecule has 1 saturated carbocycles. The van der Waals surface area contributed by atoms with Crippen molar-refractivity contribution < 1.29 is 13.2 Å². The van der Waals surface area contributed by atoms with Crippen molar-refractivity contribution in [1.29, 1.82) is 0 Å². The van der Waals surface area contributed by atoms with E-state index >= 15 is 0 Å². The fourth-order valence-electron chi connectivity index (χ4n) is 4.06. The summed E-state index contributed by atoms with van der Waals surface area (Å²) in [6, 6.07) is 9.70. The molecular formula is C20H26N4O3S2. The third-order valence-electron chi connectivity index (χ3n) is 5.51. The van der Waals surface area contributed by atoms with Crippen molar-refractivity contribution in [3.8, 4) is 5.69 Å². The highest BCUT2D eigenvalue weighted by molar-refractivity contribution is 7.99. The van der Waals surface area contributed by atoms with Crippen molar-refractivity contribution >= 4 is 27.5 Å². The molecule has 1 N–H and O–H groups in total. The summed E-state index contributed by atoms with van der Waals surface area (Å²) in [4.78, 5) is 17.0. The number of amides is 1. The van der Waals surface area contributed by atoms with Gasteiger partial charge in [0.15, 0.2) is 9.84 Å². The fourth-order valence-corrected chi connectivity index (χ4v) is 6.37. The normalized spacial score (nSPS) is 21.9. The van der Waals surface area contributed by atoms with Crippen molar-refractivity contribution in [3.05, 3.63) is 36.2 Å². The van der Waals surface area contributed by atoms with E-state index in [1.54, 1.807) is 0 Å². The summed E-state index contributed by atoms with van der Waals surface area (Å²) in [6.07, 6.45) is 6.42. The average molecular weight is 435 g/mol. The van der Waals surface area contributed by atoms with Crippen LogP contribution in [0.2, 0.25) is 0 Å². The van der Waals surface area contributed by atoms with Crippen LogP contribution in [0.1, 0.15) is 50.3 Å². The minimum Gasteiger partial charge on any atom is -0.352 e. The van der Waals surface area contributed by atoms with E-state index in [9.17, 15) is 13.2 Å². The second-order valence-electron chi connectivity index (χ2n) is 7.79. The molecule has 1 aliphatic carbocycles. The van der Waals surface area contributed by atoms with Crippen LogP contribution in [0.25, 0.3) is 5.69 Å². The number of hydrogen-bond donors (Lipinski definition) is 1. The number of nitrogens with one attached hydrogen (secondary N) is 1. The maximum Gasteiger partial charge on any atom is 0.230 e. The van der Waals surface area contributed by atoms with Gasteiger partial charge in [0.1, 0.15) is 5.82 Å². The van der Waals surface area contributed by atoms with Crippen molar-refractivity contribution in [1.82, 2.24) is 20.1 Å². The van der Waals surface area contributed by atoms with Crippen LogP contribution >= 0.6 is 11.8 Å². The number of carbonyl (C=O) groups is 1. The largest absolute Gasteiger partial charge is 0.352 e. The van der Waals surface area contributed by atoms with E-state index in [1.165, 1.54) is 31.0 Å². The van der Waals surface area contributed by atoms with Crippen molar-refractivity contribution in [3.63, 3.8) is 0 Å². The first kappa shape index (κ1) is 20.4. The Bertz CT molecular complexity index is 953. The van der Waals surface area contributed by atoms with Crippen LogP contribution in [0.3, 0.4) is 0 Å². The lowest BCUT2D eigenvalue weighted by Crippen LogP contribution is -2.36. The van der Waals surface area contributed by atoms with Crippen molar-refractivity contribution in [2.24, 2.45) is 0 Å². The molecule has 9 heteroatoms. The molecule has 2 aromatic rings. The molecule has 1 aromatic carbocycles. The van der Waals surface area contributed by atoms with Crippen LogP contribution in [-0.4, -0.2) is 52.4 Å². The number of aromatic nitrogens is 3. The third kappa shape index (κ3) is 5.19. The van der Waals surface area contributed by atoms with E-state index in [0.717, 1.165) is 24.4 Å². The first-order valence-electron chi connectivity index (χ1n) is 10.2. The van der Waals surface area contributed by atoms with E-state index < -0.39 is 9.84 Å². The molecule has 156 valence electrons. The highest BCUT2D eigenvalue weighted by Gasteiger charge is 2.29. The summed E-state index contributed by atoms with van der Waals surface area (Å²) in [6.45, 7) is 0. The Morgan fingerprint density at radius 2 is 1.90 bits per heavy atom. The Morgan fingerprint density at radius 3 is 2.59 bits per heavy atom. The van der Waals surface area contributed by atoms with Crippen molar-refractivity contribution in [2.45, 2.75) is 55.6 Å². The Balaban J connectivity index is 1.45. The van der Waals surface area contributed by atoms with Gasteiger partial charge in [-0.25, -0.2) is 18.1 Å². The van der Waals surface area contributed by atoms with Gasteiger partial charge in [0.05, 0.1) is 22.9 Å². The molecule has 0 spiro atoms. The van der Waals surface area contributed by atoms with Crippen LogP contribution in [0.15, 0.2) is 35.5 Å². The number of nitrogens with zero attached hydrogens (tertiary/aromatic N) is 3. The molecule has 2 fully saturated rings.